The molecule has 2 amide bonds. The van der Waals surface area contributed by atoms with E-state index in [9.17, 15) is 19.2 Å². The van der Waals surface area contributed by atoms with Crippen molar-refractivity contribution in [1.29, 1.82) is 0 Å². The van der Waals surface area contributed by atoms with E-state index in [0.717, 1.165) is 31.2 Å². The number of ether oxygens (including phenoxy) is 1. The van der Waals surface area contributed by atoms with Crippen LogP contribution >= 0.6 is 0 Å². The van der Waals surface area contributed by atoms with E-state index in [1.54, 1.807) is 19.0 Å². The van der Waals surface area contributed by atoms with Gasteiger partial charge in [-0.15, -0.1) is 0 Å². The fourth-order valence-corrected chi connectivity index (χ4v) is 4.90. The second kappa shape index (κ2) is 10.3. The molecule has 182 valence electrons. The third-order valence-corrected chi connectivity index (χ3v) is 6.83. The summed E-state index contributed by atoms with van der Waals surface area (Å²) in [4.78, 5) is 54.5. The lowest BCUT2D eigenvalue weighted by Gasteiger charge is -2.39. The number of amides is 2. The van der Waals surface area contributed by atoms with Gasteiger partial charge in [-0.25, -0.2) is 4.79 Å². The van der Waals surface area contributed by atoms with E-state index in [1.165, 1.54) is 0 Å². The van der Waals surface area contributed by atoms with Crippen LogP contribution in [0.3, 0.4) is 0 Å². The lowest BCUT2D eigenvalue weighted by molar-refractivity contribution is -0.137. The van der Waals surface area contributed by atoms with Crippen LogP contribution in [-0.2, 0) is 16.1 Å². The van der Waals surface area contributed by atoms with Crippen molar-refractivity contribution in [3.63, 3.8) is 0 Å². The Bertz CT molecular complexity index is 1080. The van der Waals surface area contributed by atoms with Gasteiger partial charge in [-0.05, 0) is 31.2 Å². The first kappa shape index (κ1) is 23.8. The summed E-state index contributed by atoms with van der Waals surface area (Å²) < 4.78 is 5.30. The number of benzene rings is 1. The Morgan fingerprint density at radius 1 is 0.971 bits per heavy atom. The molecule has 4 rings (SSSR count). The summed E-state index contributed by atoms with van der Waals surface area (Å²) in [5.41, 5.74) is 1.00. The molecule has 2 aromatic carbocycles. The third-order valence-electron chi connectivity index (χ3n) is 6.83. The van der Waals surface area contributed by atoms with Crippen LogP contribution in [0.15, 0.2) is 39.9 Å². The number of hydrogen-bond donors (Lipinski definition) is 1. The zero-order chi connectivity index (χ0) is 24.2. The maximum absolute atomic E-state index is 13.0. The van der Waals surface area contributed by atoms with Crippen LogP contribution in [0.25, 0.3) is 0 Å². The Morgan fingerprint density at radius 3 is 2.24 bits per heavy atom. The molecule has 2 fully saturated rings. The molecule has 0 aromatic heterocycles. The Morgan fingerprint density at radius 2 is 1.62 bits per heavy atom. The zero-order valence-electron chi connectivity index (χ0n) is 19.8. The van der Waals surface area contributed by atoms with Crippen molar-refractivity contribution in [3.05, 3.63) is 56.3 Å². The highest BCUT2D eigenvalue weighted by molar-refractivity contribution is 5.80. The van der Waals surface area contributed by atoms with Gasteiger partial charge in [0, 0.05) is 52.2 Å². The first-order valence-electron chi connectivity index (χ1n) is 11.9. The zero-order valence-corrected chi connectivity index (χ0v) is 19.8. The standard InChI is InChI=1S/C25H32N4O5/c1-27(2)20-21(23(31)22(20)30)28-12-14-29(15-13-28)24(32)18-8-10-19(11-9-18)26-25(33)34-16-17-6-4-3-5-7-17/h3-7,18-19H,8-16H2,1-2H3,(H,26,33). The number of anilines is 2. The average molecular weight is 469 g/mol. The van der Waals surface area contributed by atoms with Crippen molar-refractivity contribution in [1.82, 2.24) is 10.2 Å². The summed E-state index contributed by atoms with van der Waals surface area (Å²) in [5.74, 6) is 0.0935. The van der Waals surface area contributed by atoms with Crippen molar-refractivity contribution in [3.8, 4) is 0 Å². The van der Waals surface area contributed by atoms with Gasteiger partial charge in [0.05, 0.1) is 0 Å². The molecule has 0 bridgehead atoms. The molecule has 1 aliphatic carbocycles. The second-order valence-corrected chi connectivity index (χ2v) is 9.32. The molecule has 2 aliphatic rings. The number of piperazine rings is 1. The highest BCUT2D eigenvalue weighted by atomic mass is 16.5. The minimum absolute atomic E-state index is 0.0164. The molecular weight excluding hydrogens is 436 g/mol. The van der Waals surface area contributed by atoms with Gasteiger partial charge >= 0.3 is 6.09 Å². The molecule has 1 saturated heterocycles. The van der Waals surface area contributed by atoms with Gasteiger partial charge in [0.15, 0.2) is 0 Å². The van der Waals surface area contributed by atoms with Crippen LogP contribution < -0.4 is 26.0 Å². The highest BCUT2D eigenvalue weighted by Crippen LogP contribution is 2.28. The molecule has 9 nitrogen and oxygen atoms in total. The van der Waals surface area contributed by atoms with Gasteiger partial charge in [0.2, 0.25) is 5.91 Å². The van der Waals surface area contributed by atoms with E-state index >= 15 is 0 Å². The van der Waals surface area contributed by atoms with Crippen LogP contribution in [0, 0.1) is 5.92 Å². The predicted molar refractivity (Wildman–Crippen MR) is 130 cm³/mol. The third kappa shape index (κ3) is 5.08. The number of hydrogen-bond acceptors (Lipinski definition) is 7. The first-order valence-corrected chi connectivity index (χ1v) is 11.9. The molecule has 1 heterocycles. The summed E-state index contributed by atoms with van der Waals surface area (Å²) in [6, 6.07) is 9.56. The predicted octanol–water partition coefficient (Wildman–Crippen LogP) is 1.48. The van der Waals surface area contributed by atoms with Crippen molar-refractivity contribution in [2.75, 3.05) is 50.1 Å². The molecule has 1 saturated carbocycles. The van der Waals surface area contributed by atoms with Gasteiger partial charge in [-0.2, -0.15) is 0 Å². The van der Waals surface area contributed by atoms with Gasteiger partial charge in [-0.1, -0.05) is 30.3 Å². The van der Waals surface area contributed by atoms with Crippen molar-refractivity contribution in [2.24, 2.45) is 5.92 Å². The maximum Gasteiger partial charge on any atom is 0.407 e. The van der Waals surface area contributed by atoms with Gasteiger partial charge in [-0.3, -0.25) is 14.4 Å². The van der Waals surface area contributed by atoms with E-state index in [-0.39, 0.29) is 24.5 Å². The van der Waals surface area contributed by atoms with Crippen LogP contribution in [0.4, 0.5) is 16.2 Å². The van der Waals surface area contributed by atoms with Crippen molar-refractivity contribution >= 4 is 23.4 Å². The molecule has 0 radical (unpaired) electrons. The average Bonchev–Trinajstić information content (AvgIpc) is 2.86. The van der Waals surface area contributed by atoms with E-state index in [1.807, 2.05) is 40.1 Å². The number of nitrogens with zero attached hydrogens (tertiary/aromatic N) is 3. The molecule has 1 aliphatic heterocycles. The number of carbonyl (C=O) groups excluding carboxylic acids is 2. The monoisotopic (exact) mass is 468 g/mol. The summed E-state index contributed by atoms with van der Waals surface area (Å²) in [5, 5.41) is 2.92. The normalized spacial score (nSPS) is 20.8. The molecule has 9 heteroatoms. The quantitative estimate of drug-likeness (QED) is 0.641. The van der Waals surface area contributed by atoms with Crippen molar-refractivity contribution < 1.29 is 14.3 Å². The van der Waals surface area contributed by atoms with E-state index < -0.39 is 17.0 Å². The molecule has 0 unspecified atom stereocenters. The van der Waals surface area contributed by atoms with Gasteiger partial charge in [0.25, 0.3) is 10.9 Å². The Balaban J connectivity index is 1.20. The number of carbonyl (C=O) groups is 2. The molecule has 2 aromatic rings. The smallest absolute Gasteiger partial charge is 0.407 e. The highest BCUT2D eigenvalue weighted by Gasteiger charge is 2.34. The molecule has 0 spiro atoms. The maximum atomic E-state index is 13.0. The molecule has 34 heavy (non-hydrogen) atoms. The lowest BCUT2D eigenvalue weighted by Crippen LogP contribution is -2.54. The second-order valence-electron chi connectivity index (χ2n) is 9.32. The molecular formula is C25H32N4O5. The Hall–Kier alpha value is -3.36. The first-order chi connectivity index (χ1) is 16.3. The topological polar surface area (TPSA) is 99.3 Å². The van der Waals surface area contributed by atoms with Gasteiger partial charge in [0.1, 0.15) is 18.0 Å². The summed E-state index contributed by atoms with van der Waals surface area (Å²) in [6.07, 6.45) is 2.51. The fourth-order valence-electron chi connectivity index (χ4n) is 4.90. The van der Waals surface area contributed by atoms with E-state index in [2.05, 4.69) is 5.32 Å². The van der Waals surface area contributed by atoms with Crippen LogP contribution in [0.2, 0.25) is 0 Å². The number of nitrogens with one attached hydrogen (secondary N) is 1. The summed E-state index contributed by atoms with van der Waals surface area (Å²) >= 11 is 0. The fraction of sp³-hybridized carbons (Fsp3) is 0.520. The van der Waals surface area contributed by atoms with E-state index in [4.69, 9.17) is 4.74 Å². The lowest BCUT2D eigenvalue weighted by atomic mass is 9.85. The van der Waals surface area contributed by atoms with Crippen LogP contribution in [0.1, 0.15) is 31.2 Å². The van der Waals surface area contributed by atoms with Crippen molar-refractivity contribution in [2.45, 2.75) is 38.3 Å². The number of alkyl carbamates (subject to hydrolysis) is 1. The summed E-state index contributed by atoms with van der Waals surface area (Å²) in [7, 11) is 3.52. The number of rotatable bonds is 6. The largest absolute Gasteiger partial charge is 0.445 e. The summed E-state index contributed by atoms with van der Waals surface area (Å²) in [6.45, 7) is 2.39. The van der Waals surface area contributed by atoms with Crippen LogP contribution in [-0.4, -0.2) is 63.2 Å². The van der Waals surface area contributed by atoms with E-state index in [0.29, 0.717) is 37.6 Å². The minimum atomic E-state index is -0.437. The van der Waals surface area contributed by atoms with Gasteiger partial charge < -0.3 is 24.8 Å². The SMILES string of the molecule is CN(C)c1c(N2CCN(C(=O)C3CCC(NC(=O)OCc4ccccc4)CC3)CC2)c(=O)c1=O. The van der Waals surface area contributed by atoms with Crippen LogP contribution in [0.5, 0.6) is 0 Å². The Kier molecular flexibility index (Phi) is 7.19. The Labute approximate surface area is 199 Å². The molecule has 0 atom stereocenters. The minimum Gasteiger partial charge on any atom is -0.445 e. The molecule has 1 N–H and O–H groups in total.